The first-order valence-electron chi connectivity index (χ1n) is 7.79. The minimum Gasteiger partial charge on any atom is -0.465 e. The second kappa shape index (κ2) is 6.04. The van der Waals surface area contributed by atoms with Crippen LogP contribution in [0.3, 0.4) is 0 Å². The summed E-state index contributed by atoms with van der Waals surface area (Å²) in [6.07, 6.45) is 0.813. The third-order valence-corrected chi connectivity index (χ3v) is 5.62. The molecule has 2 unspecified atom stereocenters. The summed E-state index contributed by atoms with van der Waals surface area (Å²) in [5, 5.41) is 0.944. The van der Waals surface area contributed by atoms with Crippen molar-refractivity contribution in [3.05, 3.63) is 57.1 Å². The lowest BCUT2D eigenvalue weighted by Crippen LogP contribution is -2.03. The smallest absolute Gasteiger partial charge is 0.337 e. The summed E-state index contributed by atoms with van der Waals surface area (Å²) < 4.78 is 19.8. The van der Waals surface area contributed by atoms with Crippen molar-refractivity contribution in [1.82, 2.24) is 9.97 Å². The molecule has 4 rings (SSSR count). The lowest BCUT2D eigenvalue weighted by molar-refractivity contribution is 0.0600. The topological polar surface area (TPSA) is 52.1 Å². The molecule has 0 amide bonds. The molecule has 25 heavy (non-hydrogen) atoms. The fourth-order valence-electron chi connectivity index (χ4n) is 3.22. The van der Waals surface area contributed by atoms with Crippen molar-refractivity contribution >= 4 is 39.1 Å². The van der Waals surface area contributed by atoms with Gasteiger partial charge < -0.3 is 4.74 Å². The Kier molecular flexibility index (Phi) is 3.96. The van der Waals surface area contributed by atoms with Crippen LogP contribution in [0.25, 0.3) is 10.2 Å². The number of methoxy groups -OCH3 is 1. The van der Waals surface area contributed by atoms with E-state index >= 15 is 0 Å². The van der Waals surface area contributed by atoms with Gasteiger partial charge in [0, 0.05) is 11.3 Å². The van der Waals surface area contributed by atoms with Crippen LogP contribution in [0.2, 0.25) is 4.34 Å². The van der Waals surface area contributed by atoms with Crippen LogP contribution < -0.4 is 0 Å². The SMILES string of the molecule is COC(=O)c1ccc(C2CC2c2nc(C)nc3sc(Cl)cc23)c(F)c1. The number of halogens is 2. The van der Waals surface area contributed by atoms with Gasteiger partial charge in [0.15, 0.2) is 0 Å². The number of ether oxygens (including phenoxy) is 1. The largest absolute Gasteiger partial charge is 0.465 e. The maximum absolute atomic E-state index is 14.5. The molecule has 128 valence electrons. The van der Waals surface area contributed by atoms with Crippen LogP contribution in [-0.2, 0) is 4.74 Å². The number of fused-ring (bicyclic) bond motifs is 1. The molecule has 0 aliphatic heterocycles. The van der Waals surface area contributed by atoms with Crippen LogP contribution in [0.15, 0.2) is 24.3 Å². The van der Waals surface area contributed by atoms with E-state index in [1.165, 1.54) is 24.5 Å². The Morgan fingerprint density at radius 1 is 1.32 bits per heavy atom. The standard InChI is InChI=1S/C18H14ClFN2O2S/c1-8-21-16(13-7-15(19)25-17(13)22-8)12-6-11(12)10-4-3-9(5-14(10)20)18(23)24-2/h3-5,7,11-12H,6H2,1-2H3. The van der Waals surface area contributed by atoms with Crippen LogP contribution in [0.5, 0.6) is 0 Å². The Hall–Kier alpha value is -2.05. The summed E-state index contributed by atoms with van der Waals surface area (Å²) in [6, 6.07) is 6.38. The van der Waals surface area contributed by atoms with Gasteiger partial charge >= 0.3 is 5.97 Å². The first-order valence-corrected chi connectivity index (χ1v) is 8.98. The summed E-state index contributed by atoms with van der Waals surface area (Å²) in [4.78, 5) is 21.4. The fraction of sp³-hybridized carbons (Fsp3) is 0.278. The fourth-order valence-corrected chi connectivity index (χ4v) is 4.36. The monoisotopic (exact) mass is 376 g/mol. The van der Waals surface area contributed by atoms with Crippen LogP contribution in [-0.4, -0.2) is 23.0 Å². The van der Waals surface area contributed by atoms with Gasteiger partial charge in [-0.05, 0) is 43.0 Å². The highest BCUT2D eigenvalue weighted by Gasteiger charge is 2.43. The summed E-state index contributed by atoms with van der Waals surface area (Å²) in [5.41, 5.74) is 1.74. The number of aryl methyl sites for hydroxylation is 1. The number of carbonyl (C=O) groups is 1. The van der Waals surface area contributed by atoms with E-state index in [1.54, 1.807) is 12.1 Å². The molecule has 2 heterocycles. The van der Waals surface area contributed by atoms with Crippen molar-refractivity contribution in [2.45, 2.75) is 25.2 Å². The zero-order valence-electron chi connectivity index (χ0n) is 13.5. The van der Waals surface area contributed by atoms with Crippen molar-refractivity contribution in [1.29, 1.82) is 0 Å². The number of hydrogen-bond acceptors (Lipinski definition) is 5. The normalized spacial score (nSPS) is 19.2. The summed E-state index contributed by atoms with van der Waals surface area (Å²) in [7, 11) is 1.28. The molecule has 4 nitrogen and oxygen atoms in total. The van der Waals surface area contributed by atoms with Crippen LogP contribution in [0, 0.1) is 12.7 Å². The number of nitrogens with zero attached hydrogens (tertiary/aromatic N) is 2. The van der Waals surface area contributed by atoms with Gasteiger partial charge in [0.2, 0.25) is 0 Å². The molecule has 1 fully saturated rings. The van der Waals surface area contributed by atoms with Crippen LogP contribution in [0.4, 0.5) is 4.39 Å². The minimum absolute atomic E-state index is 0.0443. The number of thiophene rings is 1. The Bertz CT molecular complexity index is 1000. The quantitative estimate of drug-likeness (QED) is 0.613. The Balaban J connectivity index is 1.68. The van der Waals surface area contributed by atoms with Crippen molar-refractivity contribution < 1.29 is 13.9 Å². The van der Waals surface area contributed by atoms with Gasteiger partial charge in [-0.2, -0.15) is 0 Å². The highest BCUT2D eigenvalue weighted by Crippen LogP contribution is 2.56. The van der Waals surface area contributed by atoms with Crippen molar-refractivity contribution in [2.24, 2.45) is 0 Å². The third-order valence-electron chi connectivity index (χ3n) is 4.47. The van der Waals surface area contributed by atoms with Gasteiger partial charge in [-0.3, -0.25) is 0 Å². The first kappa shape index (κ1) is 16.4. The molecule has 3 aromatic rings. The molecule has 1 saturated carbocycles. The van der Waals surface area contributed by atoms with E-state index in [1.807, 2.05) is 13.0 Å². The zero-order chi connectivity index (χ0) is 17.7. The van der Waals surface area contributed by atoms with Gasteiger partial charge in [0.25, 0.3) is 0 Å². The predicted molar refractivity (Wildman–Crippen MR) is 95.0 cm³/mol. The summed E-state index contributed by atoms with van der Waals surface area (Å²) >= 11 is 7.54. The Labute approximate surface area is 152 Å². The maximum Gasteiger partial charge on any atom is 0.337 e. The van der Waals surface area contributed by atoms with Crippen LogP contribution >= 0.6 is 22.9 Å². The van der Waals surface area contributed by atoms with Crippen molar-refractivity contribution in [3.63, 3.8) is 0 Å². The third kappa shape index (κ3) is 2.89. The van der Waals surface area contributed by atoms with Gasteiger partial charge in [-0.25, -0.2) is 19.2 Å². The molecule has 7 heteroatoms. The molecule has 0 spiro atoms. The lowest BCUT2D eigenvalue weighted by Gasteiger charge is -2.06. The van der Waals surface area contributed by atoms with E-state index in [-0.39, 0.29) is 23.2 Å². The van der Waals surface area contributed by atoms with E-state index < -0.39 is 5.97 Å². The van der Waals surface area contributed by atoms with E-state index in [4.69, 9.17) is 11.6 Å². The van der Waals surface area contributed by atoms with Gasteiger partial charge in [0.1, 0.15) is 16.5 Å². The molecule has 1 aromatic carbocycles. The number of carbonyl (C=O) groups excluding carboxylic acids is 1. The Morgan fingerprint density at radius 3 is 2.84 bits per heavy atom. The van der Waals surface area contributed by atoms with Gasteiger partial charge in [-0.1, -0.05) is 17.7 Å². The number of hydrogen-bond donors (Lipinski definition) is 0. The summed E-state index contributed by atoms with van der Waals surface area (Å²) in [5.74, 6) is -0.0657. The van der Waals surface area contributed by atoms with Gasteiger partial charge in [0.05, 0.1) is 22.7 Å². The second-order valence-electron chi connectivity index (χ2n) is 6.10. The van der Waals surface area contributed by atoms with E-state index in [0.29, 0.717) is 15.7 Å². The van der Waals surface area contributed by atoms with Crippen molar-refractivity contribution in [2.75, 3.05) is 7.11 Å². The first-order chi connectivity index (χ1) is 12.0. The molecule has 2 atom stereocenters. The average Bonchev–Trinajstić information content (AvgIpc) is 3.27. The molecule has 1 aliphatic rings. The maximum atomic E-state index is 14.5. The molecule has 0 saturated heterocycles. The minimum atomic E-state index is -0.543. The lowest BCUT2D eigenvalue weighted by atomic mass is 10.0. The molecule has 1 aliphatic carbocycles. The van der Waals surface area contributed by atoms with Crippen molar-refractivity contribution in [3.8, 4) is 0 Å². The number of rotatable bonds is 3. The molecular weight excluding hydrogens is 363 g/mol. The van der Waals surface area contributed by atoms with Crippen LogP contribution in [0.1, 0.15) is 45.7 Å². The number of aromatic nitrogens is 2. The highest BCUT2D eigenvalue weighted by atomic mass is 35.5. The average molecular weight is 377 g/mol. The predicted octanol–water partition coefficient (Wildman–Crippen LogP) is 4.85. The summed E-state index contributed by atoms with van der Waals surface area (Å²) in [6.45, 7) is 1.85. The molecule has 0 radical (unpaired) electrons. The highest BCUT2D eigenvalue weighted by molar-refractivity contribution is 7.22. The molecule has 0 N–H and O–H groups in total. The molecule has 2 aromatic heterocycles. The van der Waals surface area contributed by atoms with E-state index in [9.17, 15) is 9.18 Å². The number of benzene rings is 1. The van der Waals surface area contributed by atoms with E-state index in [2.05, 4.69) is 14.7 Å². The Morgan fingerprint density at radius 2 is 2.12 bits per heavy atom. The van der Waals surface area contributed by atoms with Gasteiger partial charge in [-0.15, -0.1) is 11.3 Å². The van der Waals surface area contributed by atoms with E-state index in [0.717, 1.165) is 22.3 Å². The number of esters is 1. The molecule has 0 bridgehead atoms. The zero-order valence-corrected chi connectivity index (χ0v) is 15.1. The molecular formula is C18H14ClFN2O2S. The second-order valence-corrected chi connectivity index (χ2v) is 7.76.